The van der Waals surface area contributed by atoms with Crippen molar-refractivity contribution in [2.45, 2.75) is 38.2 Å². The van der Waals surface area contributed by atoms with Crippen molar-refractivity contribution in [2.75, 3.05) is 18.4 Å². The van der Waals surface area contributed by atoms with E-state index in [-0.39, 0.29) is 37.2 Å². The van der Waals surface area contributed by atoms with Crippen molar-refractivity contribution in [1.29, 1.82) is 0 Å². The van der Waals surface area contributed by atoms with Gasteiger partial charge in [-0.15, -0.1) is 10.2 Å². The molecule has 2 amide bonds. The molecule has 8 nitrogen and oxygen atoms in total. The highest BCUT2D eigenvalue weighted by Gasteiger charge is 2.28. The van der Waals surface area contributed by atoms with Crippen molar-refractivity contribution >= 4 is 17.5 Å². The quantitative estimate of drug-likeness (QED) is 0.800. The number of amides is 2. The molecule has 8 heteroatoms. The van der Waals surface area contributed by atoms with Crippen LogP contribution in [0.5, 0.6) is 0 Å². The number of likely N-dealkylation sites (tertiary alicyclic amines) is 1. The summed E-state index contributed by atoms with van der Waals surface area (Å²) in [5.74, 6) is 1.22. The number of nitrogens with zero attached hydrogens (tertiary/aromatic N) is 4. The molecule has 1 aliphatic rings. The van der Waals surface area contributed by atoms with Crippen molar-refractivity contribution in [3.8, 4) is 0 Å². The summed E-state index contributed by atoms with van der Waals surface area (Å²) in [6, 6.07) is 9.21. The van der Waals surface area contributed by atoms with E-state index in [9.17, 15) is 14.7 Å². The number of piperidine rings is 1. The molecule has 0 bridgehead atoms. The van der Waals surface area contributed by atoms with Crippen LogP contribution >= 0.6 is 0 Å². The molecule has 2 N–H and O–H groups in total. The third-order valence-corrected chi connectivity index (χ3v) is 4.90. The topological polar surface area (TPSA) is 100 Å². The summed E-state index contributed by atoms with van der Waals surface area (Å²) in [6.45, 7) is 1.10. The molecular formula is C19H25N5O3. The van der Waals surface area contributed by atoms with Gasteiger partial charge in [0.25, 0.3) is 0 Å². The molecule has 0 spiro atoms. The van der Waals surface area contributed by atoms with Gasteiger partial charge in [0.05, 0.1) is 0 Å². The maximum Gasteiger partial charge on any atom is 0.224 e. The van der Waals surface area contributed by atoms with E-state index in [1.54, 1.807) is 9.47 Å². The fourth-order valence-corrected chi connectivity index (χ4v) is 3.41. The van der Waals surface area contributed by atoms with Crippen LogP contribution in [-0.4, -0.2) is 49.7 Å². The Morgan fingerprint density at radius 2 is 2.00 bits per heavy atom. The summed E-state index contributed by atoms with van der Waals surface area (Å²) in [7, 11) is 1.83. The number of aliphatic hydroxyl groups excluding tert-OH is 1. The molecule has 27 heavy (non-hydrogen) atoms. The minimum Gasteiger partial charge on any atom is -0.388 e. The number of nitrogens with one attached hydrogen (secondary N) is 1. The Kier molecular flexibility index (Phi) is 6.18. The fourth-order valence-electron chi connectivity index (χ4n) is 3.41. The van der Waals surface area contributed by atoms with Crippen molar-refractivity contribution < 1.29 is 14.7 Å². The van der Waals surface area contributed by atoms with Crippen LogP contribution in [0.25, 0.3) is 0 Å². The molecule has 1 aromatic carbocycles. The lowest BCUT2D eigenvalue weighted by Gasteiger charge is -2.32. The van der Waals surface area contributed by atoms with E-state index in [1.807, 2.05) is 37.4 Å². The second kappa shape index (κ2) is 8.77. The number of para-hydroxylation sites is 1. The summed E-state index contributed by atoms with van der Waals surface area (Å²) < 4.78 is 1.80. The number of hydrogen-bond acceptors (Lipinski definition) is 5. The smallest absolute Gasteiger partial charge is 0.224 e. The van der Waals surface area contributed by atoms with Crippen LogP contribution in [0.15, 0.2) is 30.3 Å². The summed E-state index contributed by atoms with van der Waals surface area (Å²) in [4.78, 5) is 26.4. The number of aliphatic hydroxyl groups is 1. The van der Waals surface area contributed by atoms with Gasteiger partial charge >= 0.3 is 0 Å². The van der Waals surface area contributed by atoms with Crippen LogP contribution in [0.2, 0.25) is 0 Å². The first kappa shape index (κ1) is 19.0. The highest BCUT2D eigenvalue weighted by atomic mass is 16.3. The highest BCUT2D eigenvalue weighted by Crippen LogP contribution is 2.26. The largest absolute Gasteiger partial charge is 0.388 e. The third kappa shape index (κ3) is 4.71. The predicted octanol–water partition coefficient (Wildman–Crippen LogP) is 1.43. The van der Waals surface area contributed by atoms with E-state index in [0.717, 1.165) is 24.4 Å². The SMILES string of the molecule is Cn1c(CO)nnc1[C@@H]1CCCN(C(=O)CCC(=O)Nc2ccccc2)C1. The Morgan fingerprint density at radius 3 is 2.70 bits per heavy atom. The number of benzene rings is 1. The van der Waals surface area contributed by atoms with Crippen molar-refractivity contribution in [2.24, 2.45) is 7.05 Å². The van der Waals surface area contributed by atoms with Gasteiger partial charge in [-0.25, -0.2) is 0 Å². The number of aromatic nitrogens is 3. The molecule has 0 aliphatic carbocycles. The molecular weight excluding hydrogens is 346 g/mol. The molecule has 1 aromatic heterocycles. The van der Waals surface area contributed by atoms with Gasteiger partial charge in [0.1, 0.15) is 12.4 Å². The van der Waals surface area contributed by atoms with Crippen LogP contribution in [0.3, 0.4) is 0 Å². The number of hydrogen-bond donors (Lipinski definition) is 2. The summed E-state index contributed by atoms with van der Waals surface area (Å²) in [5.41, 5.74) is 0.731. The van der Waals surface area contributed by atoms with Gasteiger partial charge in [-0.2, -0.15) is 0 Å². The molecule has 3 rings (SSSR count). The molecule has 144 valence electrons. The zero-order valence-corrected chi connectivity index (χ0v) is 15.5. The monoisotopic (exact) mass is 371 g/mol. The minimum atomic E-state index is -0.163. The van der Waals surface area contributed by atoms with E-state index in [2.05, 4.69) is 15.5 Å². The second-order valence-corrected chi connectivity index (χ2v) is 6.78. The number of rotatable bonds is 6. The first-order valence-electron chi connectivity index (χ1n) is 9.20. The molecule has 1 fully saturated rings. The van der Waals surface area contributed by atoms with Gasteiger partial charge < -0.3 is 19.9 Å². The summed E-state index contributed by atoms with van der Waals surface area (Å²) in [5, 5.41) is 20.2. The molecule has 0 unspecified atom stereocenters. The van der Waals surface area contributed by atoms with Crippen LogP contribution in [0.4, 0.5) is 5.69 Å². The lowest BCUT2D eigenvalue weighted by atomic mass is 9.96. The van der Waals surface area contributed by atoms with Gasteiger partial charge in [-0.1, -0.05) is 18.2 Å². The lowest BCUT2D eigenvalue weighted by Crippen LogP contribution is -2.40. The summed E-state index contributed by atoms with van der Waals surface area (Å²) in [6.07, 6.45) is 2.16. The van der Waals surface area contributed by atoms with Crippen LogP contribution in [0, 0.1) is 0 Å². The maximum atomic E-state index is 12.5. The van der Waals surface area contributed by atoms with E-state index in [1.165, 1.54) is 0 Å². The van der Waals surface area contributed by atoms with Crippen molar-refractivity contribution in [1.82, 2.24) is 19.7 Å². The first-order chi connectivity index (χ1) is 13.1. The molecule has 0 saturated carbocycles. The van der Waals surface area contributed by atoms with Gasteiger partial charge in [-0.3, -0.25) is 9.59 Å². The highest BCUT2D eigenvalue weighted by molar-refractivity contribution is 5.93. The standard InChI is InChI=1S/C19H25N5O3/c1-23-16(13-25)21-22-19(23)14-6-5-11-24(12-14)18(27)10-9-17(26)20-15-7-3-2-4-8-15/h2-4,7-8,14,25H,5-6,9-13H2,1H3,(H,20,26)/t14-/m1/s1. The maximum absolute atomic E-state index is 12.5. The number of anilines is 1. The van der Waals surface area contributed by atoms with Gasteiger partial charge in [-0.05, 0) is 25.0 Å². The van der Waals surface area contributed by atoms with E-state index in [4.69, 9.17) is 0 Å². The van der Waals surface area contributed by atoms with E-state index < -0.39 is 0 Å². The Bertz CT molecular complexity index is 790. The van der Waals surface area contributed by atoms with E-state index >= 15 is 0 Å². The zero-order chi connectivity index (χ0) is 19.2. The first-order valence-corrected chi connectivity index (χ1v) is 9.20. The number of carbonyl (C=O) groups is 2. The van der Waals surface area contributed by atoms with Gasteiger partial charge in [0, 0.05) is 44.6 Å². The van der Waals surface area contributed by atoms with Gasteiger partial charge in [0.15, 0.2) is 5.82 Å². The Labute approximate surface area is 158 Å². The average molecular weight is 371 g/mol. The predicted molar refractivity (Wildman–Crippen MR) is 99.8 cm³/mol. The van der Waals surface area contributed by atoms with Crippen LogP contribution in [0.1, 0.15) is 43.3 Å². The van der Waals surface area contributed by atoms with Crippen LogP contribution < -0.4 is 5.32 Å². The normalized spacial score (nSPS) is 17.0. The molecule has 2 heterocycles. The molecule has 1 atom stereocenters. The van der Waals surface area contributed by atoms with Crippen molar-refractivity contribution in [3.63, 3.8) is 0 Å². The lowest BCUT2D eigenvalue weighted by molar-refractivity contribution is -0.134. The zero-order valence-electron chi connectivity index (χ0n) is 15.5. The number of carbonyl (C=O) groups excluding carboxylic acids is 2. The summed E-state index contributed by atoms with van der Waals surface area (Å²) >= 11 is 0. The van der Waals surface area contributed by atoms with Crippen LogP contribution in [-0.2, 0) is 23.2 Å². The Balaban J connectivity index is 1.52. The molecule has 1 aliphatic heterocycles. The Hall–Kier alpha value is -2.74. The molecule has 2 aromatic rings. The van der Waals surface area contributed by atoms with Gasteiger partial charge in [0.2, 0.25) is 11.8 Å². The van der Waals surface area contributed by atoms with E-state index in [0.29, 0.717) is 18.9 Å². The fraction of sp³-hybridized carbons (Fsp3) is 0.474. The third-order valence-electron chi connectivity index (χ3n) is 4.90. The molecule has 1 saturated heterocycles. The minimum absolute atomic E-state index is 0.0209. The van der Waals surface area contributed by atoms with Crippen molar-refractivity contribution in [3.05, 3.63) is 42.0 Å². The Morgan fingerprint density at radius 1 is 1.22 bits per heavy atom. The second-order valence-electron chi connectivity index (χ2n) is 6.78. The average Bonchev–Trinajstić information content (AvgIpc) is 3.07. The molecule has 0 radical (unpaired) electrons.